The number of carboxylic acid groups (broad SMARTS) is 1. The summed E-state index contributed by atoms with van der Waals surface area (Å²) >= 11 is 0. The van der Waals surface area contributed by atoms with Gasteiger partial charge in [0.15, 0.2) is 0 Å². The van der Waals surface area contributed by atoms with Gasteiger partial charge in [-0.1, -0.05) is 61.5 Å². The average molecular weight is 408 g/mol. The van der Waals surface area contributed by atoms with Crippen LogP contribution in [0.2, 0.25) is 0 Å². The predicted molar refractivity (Wildman–Crippen MR) is 112 cm³/mol. The largest absolute Gasteiger partial charge is 0.478 e. The Hall–Kier alpha value is -3.61. The fourth-order valence-electron chi connectivity index (χ4n) is 3.47. The molecule has 3 rings (SSSR count). The monoisotopic (exact) mass is 408 g/mol. The summed E-state index contributed by atoms with van der Waals surface area (Å²) in [5.41, 5.74) is 4.58. The first-order valence-corrected chi connectivity index (χ1v) is 9.73. The number of fused-ring (bicyclic) bond motifs is 3. The molecular formula is C23H24N2O5. The lowest BCUT2D eigenvalue weighted by molar-refractivity contribution is -0.131. The Morgan fingerprint density at radius 1 is 1.03 bits per heavy atom. The molecule has 1 aliphatic rings. The van der Waals surface area contributed by atoms with E-state index in [0.717, 1.165) is 28.3 Å². The molecule has 0 heterocycles. The van der Waals surface area contributed by atoms with E-state index in [0.29, 0.717) is 0 Å². The first-order valence-electron chi connectivity index (χ1n) is 9.73. The lowest BCUT2D eigenvalue weighted by Crippen LogP contribution is -2.38. The third kappa shape index (κ3) is 5.05. The molecule has 0 aliphatic heterocycles. The molecule has 30 heavy (non-hydrogen) atoms. The van der Waals surface area contributed by atoms with Crippen LogP contribution in [0.1, 0.15) is 24.0 Å². The van der Waals surface area contributed by atoms with Crippen LogP contribution in [0, 0.1) is 5.92 Å². The summed E-state index contributed by atoms with van der Waals surface area (Å²) in [6.07, 6.45) is 1.72. The van der Waals surface area contributed by atoms with Gasteiger partial charge in [0, 0.05) is 25.1 Å². The SMILES string of the molecule is CC(CNC(=O)OCC1c2ccccc2-c2ccccc21)C(=O)NC/C=C/C(=O)O. The van der Waals surface area contributed by atoms with Crippen molar-refractivity contribution in [1.82, 2.24) is 10.6 Å². The molecule has 0 fully saturated rings. The molecular weight excluding hydrogens is 384 g/mol. The molecule has 3 N–H and O–H groups in total. The molecule has 0 aromatic heterocycles. The van der Waals surface area contributed by atoms with Gasteiger partial charge in [-0.25, -0.2) is 9.59 Å². The fraction of sp³-hybridized carbons (Fsp3) is 0.261. The van der Waals surface area contributed by atoms with E-state index < -0.39 is 18.0 Å². The second kappa shape index (κ2) is 9.73. The molecule has 156 valence electrons. The minimum atomic E-state index is -1.07. The lowest BCUT2D eigenvalue weighted by Gasteiger charge is -2.16. The van der Waals surface area contributed by atoms with Crippen molar-refractivity contribution in [1.29, 1.82) is 0 Å². The molecule has 1 aliphatic carbocycles. The Balaban J connectivity index is 1.48. The third-order valence-corrected chi connectivity index (χ3v) is 5.00. The average Bonchev–Trinajstić information content (AvgIpc) is 3.07. The number of ether oxygens (including phenoxy) is 1. The number of carboxylic acids is 1. The fourth-order valence-corrected chi connectivity index (χ4v) is 3.47. The van der Waals surface area contributed by atoms with Crippen LogP contribution in [0.15, 0.2) is 60.7 Å². The molecule has 0 saturated heterocycles. The van der Waals surface area contributed by atoms with Gasteiger partial charge < -0.3 is 20.5 Å². The molecule has 7 heteroatoms. The molecule has 2 aromatic carbocycles. The van der Waals surface area contributed by atoms with Crippen molar-refractivity contribution in [3.05, 3.63) is 71.8 Å². The minimum Gasteiger partial charge on any atom is -0.478 e. The first kappa shape index (κ1) is 21.1. The standard InChI is InChI=1S/C23H24N2O5/c1-15(22(28)24-12-6-11-21(26)27)13-25-23(29)30-14-20-18-9-4-2-7-16(18)17-8-3-5-10-19(17)20/h2-11,15,20H,12-14H2,1H3,(H,24,28)(H,25,29)(H,26,27)/b11-6+. The van der Waals surface area contributed by atoms with Crippen LogP contribution in [0.5, 0.6) is 0 Å². The lowest BCUT2D eigenvalue weighted by atomic mass is 9.98. The van der Waals surface area contributed by atoms with Gasteiger partial charge in [-0.3, -0.25) is 4.79 Å². The van der Waals surface area contributed by atoms with Crippen molar-refractivity contribution in [3.8, 4) is 11.1 Å². The zero-order valence-corrected chi connectivity index (χ0v) is 16.6. The number of rotatable bonds is 8. The van der Waals surface area contributed by atoms with Gasteiger partial charge in [0.25, 0.3) is 0 Å². The summed E-state index contributed by atoms with van der Waals surface area (Å²) in [7, 11) is 0. The molecule has 2 amide bonds. The van der Waals surface area contributed by atoms with E-state index in [9.17, 15) is 14.4 Å². The Bertz CT molecular complexity index is 924. The van der Waals surface area contributed by atoms with E-state index in [1.807, 2.05) is 36.4 Å². The van der Waals surface area contributed by atoms with E-state index in [1.54, 1.807) is 6.92 Å². The minimum absolute atomic E-state index is 0.0232. The summed E-state index contributed by atoms with van der Waals surface area (Å²) in [5, 5.41) is 13.7. The topological polar surface area (TPSA) is 105 Å². The van der Waals surface area contributed by atoms with E-state index in [2.05, 4.69) is 22.8 Å². The third-order valence-electron chi connectivity index (χ3n) is 5.00. The zero-order chi connectivity index (χ0) is 21.5. The van der Waals surface area contributed by atoms with Gasteiger partial charge in [-0.2, -0.15) is 0 Å². The molecule has 0 spiro atoms. The highest BCUT2D eigenvalue weighted by Crippen LogP contribution is 2.44. The number of hydrogen-bond donors (Lipinski definition) is 3. The number of hydrogen-bond acceptors (Lipinski definition) is 4. The first-order chi connectivity index (χ1) is 14.5. The maximum absolute atomic E-state index is 12.1. The van der Waals surface area contributed by atoms with Crippen molar-refractivity contribution in [3.63, 3.8) is 0 Å². The summed E-state index contributed by atoms with van der Waals surface area (Å²) < 4.78 is 5.44. The highest BCUT2D eigenvalue weighted by molar-refractivity contribution is 5.81. The second-order valence-corrected chi connectivity index (χ2v) is 7.09. The Labute approximate surface area is 174 Å². The number of carbonyl (C=O) groups is 3. The molecule has 1 unspecified atom stereocenters. The molecule has 1 atom stereocenters. The van der Waals surface area contributed by atoms with Gasteiger partial charge in [0.05, 0.1) is 5.92 Å². The smallest absolute Gasteiger partial charge is 0.407 e. The van der Waals surface area contributed by atoms with Crippen molar-refractivity contribution in [2.24, 2.45) is 5.92 Å². The van der Waals surface area contributed by atoms with Crippen LogP contribution in [0.25, 0.3) is 11.1 Å². The molecule has 0 radical (unpaired) electrons. The Kier molecular flexibility index (Phi) is 6.85. The van der Waals surface area contributed by atoms with Gasteiger partial charge >= 0.3 is 12.1 Å². The molecule has 0 bridgehead atoms. The van der Waals surface area contributed by atoms with E-state index >= 15 is 0 Å². The predicted octanol–water partition coefficient (Wildman–Crippen LogP) is 2.92. The molecule has 0 saturated carbocycles. The van der Waals surface area contributed by atoms with Gasteiger partial charge in [0.2, 0.25) is 5.91 Å². The van der Waals surface area contributed by atoms with Gasteiger partial charge in [-0.05, 0) is 22.3 Å². The molecule has 7 nitrogen and oxygen atoms in total. The van der Waals surface area contributed by atoms with E-state index in [4.69, 9.17) is 9.84 Å². The van der Waals surface area contributed by atoms with E-state index in [1.165, 1.54) is 6.08 Å². The Morgan fingerprint density at radius 2 is 1.63 bits per heavy atom. The second-order valence-electron chi connectivity index (χ2n) is 7.09. The molecule has 2 aromatic rings. The van der Waals surface area contributed by atoms with E-state index in [-0.39, 0.29) is 31.5 Å². The van der Waals surface area contributed by atoms with Crippen LogP contribution in [-0.2, 0) is 14.3 Å². The van der Waals surface area contributed by atoms with Crippen LogP contribution < -0.4 is 10.6 Å². The normalized spacial score (nSPS) is 13.4. The summed E-state index contributed by atoms with van der Waals surface area (Å²) in [6.45, 7) is 2.10. The Morgan fingerprint density at radius 3 is 2.23 bits per heavy atom. The van der Waals surface area contributed by atoms with Crippen LogP contribution in [0.3, 0.4) is 0 Å². The van der Waals surface area contributed by atoms with Crippen molar-refractivity contribution < 1.29 is 24.2 Å². The van der Waals surface area contributed by atoms with Crippen LogP contribution in [0.4, 0.5) is 4.79 Å². The van der Waals surface area contributed by atoms with Crippen molar-refractivity contribution in [2.75, 3.05) is 19.7 Å². The summed E-state index contributed by atoms with van der Waals surface area (Å²) in [6, 6.07) is 16.2. The maximum Gasteiger partial charge on any atom is 0.407 e. The highest BCUT2D eigenvalue weighted by atomic mass is 16.5. The van der Waals surface area contributed by atoms with Crippen LogP contribution >= 0.6 is 0 Å². The quantitative estimate of drug-likeness (QED) is 0.583. The van der Waals surface area contributed by atoms with Crippen molar-refractivity contribution >= 4 is 18.0 Å². The van der Waals surface area contributed by atoms with Gasteiger partial charge in [-0.15, -0.1) is 0 Å². The number of alkyl carbamates (subject to hydrolysis) is 1. The number of amides is 2. The summed E-state index contributed by atoms with van der Waals surface area (Å²) in [4.78, 5) is 34.5. The van der Waals surface area contributed by atoms with Crippen LogP contribution in [-0.4, -0.2) is 42.8 Å². The summed E-state index contributed by atoms with van der Waals surface area (Å²) in [5.74, 6) is -1.87. The van der Waals surface area contributed by atoms with Crippen molar-refractivity contribution in [2.45, 2.75) is 12.8 Å². The number of carbonyl (C=O) groups excluding carboxylic acids is 2. The highest BCUT2D eigenvalue weighted by Gasteiger charge is 2.29. The zero-order valence-electron chi connectivity index (χ0n) is 16.6. The maximum atomic E-state index is 12.1. The number of nitrogens with one attached hydrogen (secondary N) is 2. The number of aliphatic carboxylic acids is 1. The number of benzene rings is 2. The van der Waals surface area contributed by atoms with Gasteiger partial charge in [0.1, 0.15) is 6.61 Å².